The quantitative estimate of drug-likeness (QED) is 0.695. The highest BCUT2D eigenvalue weighted by atomic mass is 19.1. The third-order valence-corrected chi connectivity index (χ3v) is 3.31. The van der Waals surface area contributed by atoms with Crippen LogP contribution in [0.2, 0.25) is 0 Å². The molecule has 0 amide bonds. The molecule has 2 aromatic carbocycles. The zero-order valence-electron chi connectivity index (χ0n) is 10.7. The molecule has 1 aromatic heterocycles. The number of aldehydes is 1. The minimum atomic E-state index is -0.739. The van der Waals surface area contributed by atoms with E-state index >= 15 is 0 Å². The Bertz CT molecular complexity index is 803. The van der Waals surface area contributed by atoms with E-state index in [2.05, 4.69) is 4.98 Å². The van der Waals surface area contributed by atoms with E-state index < -0.39 is 11.6 Å². The molecule has 100 valence electrons. The summed E-state index contributed by atoms with van der Waals surface area (Å²) >= 11 is 0. The fraction of sp³-hybridized carbons (Fsp3) is 0.0625. The van der Waals surface area contributed by atoms with Crippen LogP contribution < -0.4 is 0 Å². The van der Waals surface area contributed by atoms with Gasteiger partial charge in [-0.1, -0.05) is 29.8 Å². The van der Waals surface area contributed by atoms with Crippen molar-refractivity contribution < 1.29 is 13.6 Å². The molecule has 0 radical (unpaired) electrons. The molecule has 0 saturated heterocycles. The molecule has 0 saturated carbocycles. The number of aromatic nitrogens is 1. The summed E-state index contributed by atoms with van der Waals surface area (Å²) < 4.78 is 27.1. The van der Waals surface area contributed by atoms with Gasteiger partial charge in [-0.05, 0) is 18.6 Å². The average molecular weight is 271 g/mol. The van der Waals surface area contributed by atoms with Gasteiger partial charge in [-0.3, -0.25) is 4.79 Å². The first-order valence-electron chi connectivity index (χ1n) is 6.13. The first-order valence-corrected chi connectivity index (χ1v) is 6.13. The van der Waals surface area contributed by atoms with Gasteiger partial charge in [0.05, 0.1) is 16.8 Å². The second-order valence-corrected chi connectivity index (χ2v) is 4.71. The highest BCUT2D eigenvalue weighted by Crippen LogP contribution is 2.31. The van der Waals surface area contributed by atoms with Gasteiger partial charge < -0.3 is 4.98 Å². The first kappa shape index (κ1) is 12.5. The van der Waals surface area contributed by atoms with Crippen LogP contribution in [-0.4, -0.2) is 11.3 Å². The molecule has 2 nitrogen and oxygen atoms in total. The topological polar surface area (TPSA) is 32.9 Å². The smallest absolute Gasteiger partial charge is 0.152 e. The number of aromatic amines is 1. The van der Waals surface area contributed by atoms with Crippen LogP contribution in [0.1, 0.15) is 15.9 Å². The molecular weight excluding hydrogens is 260 g/mol. The van der Waals surface area contributed by atoms with Crippen molar-refractivity contribution in [2.24, 2.45) is 0 Å². The Labute approximate surface area is 114 Å². The number of fused-ring (bicyclic) bond motifs is 1. The lowest BCUT2D eigenvalue weighted by molar-refractivity contribution is 0.112. The lowest BCUT2D eigenvalue weighted by atomic mass is 10.0. The Hall–Kier alpha value is -2.49. The molecule has 0 atom stereocenters. The fourth-order valence-corrected chi connectivity index (χ4v) is 2.34. The molecule has 20 heavy (non-hydrogen) atoms. The molecule has 1 N–H and O–H groups in total. The third kappa shape index (κ3) is 1.90. The Kier molecular flexibility index (Phi) is 2.86. The number of halogens is 2. The number of benzene rings is 2. The lowest BCUT2D eigenvalue weighted by Crippen LogP contribution is -1.86. The first-order chi connectivity index (χ1) is 9.60. The summed E-state index contributed by atoms with van der Waals surface area (Å²) in [5.74, 6) is -1.42. The Morgan fingerprint density at radius 2 is 1.80 bits per heavy atom. The van der Waals surface area contributed by atoms with Gasteiger partial charge in [0.2, 0.25) is 0 Å². The SMILES string of the molecule is Cc1ccc(-c2[nH]c3cc(F)cc(F)c3c2C=O)cc1. The summed E-state index contributed by atoms with van der Waals surface area (Å²) in [4.78, 5) is 14.2. The summed E-state index contributed by atoms with van der Waals surface area (Å²) in [6, 6.07) is 9.42. The van der Waals surface area contributed by atoms with Gasteiger partial charge in [-0.25, -0.2) is 8.78 Å². The van der Waals surface area contributed by atoms with E-state index in [4.69, 9.17) is 0 Å². The summed E-state index contributed by atoms with van der Waals surface area (Å²) in [6.45, 7) is 1.95. The zero-order chi connectivity index (χ0) is 14.3. The van der Waals surface area contributed by atoms with Gasteiger partial charge in [-0.15, -0.1) is 0 Å². The minimum absolute atomic E-state index is 0.122. The molecule has 0 fully saturated rings. The van der Waals surface area contributed by atoms with Gasteiger partial charge in [0.1, 0.15) is 11.6 Å². The van der Waals surface area contributed by atoms with Crippen LogP contribution in [0.4, 0.5) is 8.78 Å². The number of hydrogen-bond donors (Lipinski definition) is 1. The monoisotopic (exact) mass is 271 g/mol. The highest BCUT2D eigenvalue weighted by Gasteiger charge is 2.17. The van der Waals surface area contributed by atoms with Crippen molar-refractivity contribution in [3.63, 3.8) is 0 Å². The largest absolute Gasteiger partial charge is 0.354 e. The molecule has 1 heterocycles. The van der Waals surface area contributed by atoms with E-state index in [0.717, 1.165) is 17.2 Å². The van der Waals surface area contributed by atoms with Crippen LogP contribution in [0, 0.1) is 18.6 Å². The van der Waals surface area contributed by atoms with Crippen molar-refractivity contribution in [3.8, 4) is 11.3 Å². The average Bonchev–Trinajstić information content (AvgIpc) is 2.78. The van der Waals surface area contributed by atoms with E-state index in [1.54, 1.807) is 0 Å². The van der Waals surface area contributed by atoms with Crippen LogP contribution in [0.15, 0.2) is 36.4 Å². The Morgan fingerprint density at radius 1 is 1.10 bits per heavy atom. The van der Waals surface area contributed by atoms with E-state index in [1.165, 1.54) is 6.07 Å². The molecular formula is C16H11F2NO. The normalized spacial score (nSPS) is 10.9. The van der Waals surface area contributed by atoms with Crippen molar-refractivity contribution in [2.45, 2.75) is 6.92 Å². The second kappa shape index (κ2) is 4.56. The van der Waals surface area contributed by atoms with E-state index in [0.29, 0.717) is 12.0 Å². The van der Waals surface area contributed by atoms with Gasteiger partial charge in [0, 0.05) is 11.5 Å². The summed E-state index contributed by atoms with van der Waals surface area (Å²) in [5.41, 5.74) is 2.82. The molecule has 3 rings (SSSR count). The van der Waals surface area contributed by atoms with Crippen molar-refractivity contribution in [1.82, 2.24) is 4.98 Å². The number of nitrogens with one attached hydrogen (secondary N) is 1. The van der Waals surface area contributed by atoms with Crippen LogP contribution in [0.25, 0.3) is 22.2 Å². The zero-order valence-corrected chi connectivity index (χ0v) is 10.7. The fourth-order valence-electron chi connectivity index (χ4n) is 2.34. The number of carbonyl (C=O) groups is 1. The molecule has 0 aliphatic rings. The van der Waals surface area contributed by atoms with E-state index in [1.807, 2.05) is 31.2 Å². The maximum atomic E-state index is 13.9. The number of H-pyrrole nitrogens is 1. The highest BCUT2D eigenvalue weighted by molar-refractivity contribution is 6.04. The van der Waals surface area contributed by atoms with Gasteiger partial charge >= 0.3 is 0 Å². The van der Waals surface area contributed by atoms with Crippen LogP contribution in [-0.2, 0) is 0 Å². The predicted molar refractivity (Wildman–Crippen MR) is 73.8 cm³/mol. The Balaban J connectivity index is 2.33. The van der Waals surface area contributed by atoms with Crippen LogP contribution in [0.3, 0.4) is 0 Å². The van der Waals surface area contributed by atoms with Gasteiger partial charge in [0.25, 0.3) is 0 Å². The Morgan fingerprint density at radius 3 is 2.45 bits per heavy atom. The van der Waals surface area contributed by atoms with Crippen molar-refractivity contribution in [2.75, 3.05) is 0 Å². The van der Waals surface area contributed by atoms with Crippen molar-refractivity contribution in [3.05, 3.63) is 59.2 Å². The van der Waals surface area contributed by atoms with E-state index in [9.17, 15) is 13.6 Å². The van der Waals surface area contributed by atoms with Crippen LogP contribution in [0.5, 0.6) is 0 Å². The lowest BCUT2D eigenvalue weighted by Gasteiger charge is -2.00. The van der Waals surface area contributed by atoms with Gasteiger partial charge in [0.15, 0.2) is 6.29 Å². The maximum absolute atomic E-state index is 13.9. The molecule has 0 unspecified atom stereocenters. The number of rotatable bonds is 2. The minimum Gasteiger partial charge on any atom is -0.354 e. The second-order valence-electron chi connectivity index (χ2n) is 4.71. The molecule has 0 aliphatic heterocycles. The standard InChI is InChI=1S/C16H11F2NO/c1-9-2-4-10(5-3-9)16-12(8-20)15-13(18)6-11(17)7-14(15)19-16/h2-8,19H,1H3. The molecule has 4 heteroatoms. The number of carbonyl (C=O) groups excluding carboxylic acids is 1. The van der Waals surface area contributed by atoms with E-state index in [-0.39, 0.29) is 16.5 Å². The molecule has 3 aromatic rings. The van der Waals surface area contributed by atoms with Crippen molar-refractivity contribution in [1.29, 1.82) is 0 Å². The summed E-state index contributed by atoms with van der Waals surface area (Å²) in [5, 5.41) is 0.122. The maximum Gasteiger partial charge on any atom is 0.152 e. The molecule has 0 spiro atoms. The molecule has 0 bridgehead atoms. The number of hydrogen-bond acceptors (Lipinski definition) is 1. The number of aryl methyl sites for hydroxylation is 1. The van der Waals surface area contributed by atoms with Gasteiger partial charge in [-0.2, -0.15) is 0 Å². The third-order valence-electron chi connectivity index (χ3n) is 3.31. The van der Waals surface area contributed by atoms with Crippen LogP contribution >= 0.6 is 0 Å². The summed E-state index contributed by atoms with van der Waals surface area (Å²) in [6.07, 6.45) is 0.592. The predicted octanol–water partition coefficient (Wildman–Crippen LogP) is 4.23. The summed E-state index contributed by atoms with van der Waals surface area (Å²) in [7, 11) is 0. The molecule has 0 aliphatic carbocycles. The van der Waals surface area contributed by atoms with Crippen molar-refractivity contribution >= 4 is 17.2 Å².